The molecule has 0 aliphatic heterocycles. The summed E-state index contributed by atoms with van der Waals surface area (Å²) in [7, 11) is 0. The summed E-state index contributed by atoms with van der Waals surface area (Å²) in [6.45, 7) is 0. The van der Waals surface area contributed by atoms with E-state index in [9.17, 15) is 9.50 Å². The Hall–Kier alpha value is 0.460. The smallest absolute Gasteiger partial charge is 0.220 e. The van der Waals surface area contributed by atoms with Gasteiger partial charge in [-0.3, -0.25) is 0 Å². The lowest BCUT2D eigenvalue weighted by molar-refractivity contribution is 0.182. The molecule has 1 atom stereocenters. The van der Waals surface area contributed by atoms with Gasteiger partial charge < -0.3 is 5.11 Å². The molecule has 1 nitrogen and oxygen atoms in total. The SMILES string of the molecule is OC(c1ccc(F)c(Br)c1)C(Cl)(Cl)Cl. The number of halogens is 5. The number of hydrogen-bond acceptors (Lipinski definition) is 1. The molecule has 0 heterocycles. The minimum atomic E-state index is -1.82. The number of aliphatic hydroxyl groups excluding tert-OH is 1. The van der Waals surface area contributed by atoms with E-state index in [1.165, 1.54) is 18.2 Å². The van der Waals surface area contributed by atoms with Gasteiger partial charge >= 0.3 is 0 Å². The van der Waals surface area contributed by atoms with E-state index < -0.39 is 15.7 Å². The van der Waals surface area contributed by atoms with Crippen LogP contribution in [0.25, 0.3) is 0 Å². The van der Waals surface area contributed by atoms with Crippen LogP contribution >= 0.6 is 50.7 Å². The summed E-state index contributed by atoms with van der Waals surface area (Å²) in [5.41, 5.74) is 0.332. The van der Waals surface area contributed by atoms with E-state index >= 15 is 0 Å². The van der Waals surface area contributed by atoms with Gasteiger partial charge in [0.25, 0.3) is 0 Å². The monoisotopic (exact) mass is 320 g/mol. The van der Waals surface area contributed by atoms with E-state index in [1.807, 2.05) is 0 Å². The van der Waals surface area contributed by atoms with Gasteiger partial charge in [-0.15, -0.1) is 0 Å². The molecule has 1 unspecified atom stereocenters. The average Bonchev–Trinajstić information content (AvgIpc) is 2.07. The van der Waals surface area contributed by atoms with Crippen LogP contribution in [0.1, 0.15) is 11.7 Å². The van der Waals surface area contributed by atoms with Crippen LogP contribution < -0.4 is 0 Å². The second-order valence-corrected chi connectivity index (χ2v) is 5.84. The third-order valence-corrected chi connectivity index (χ3v) is 2.80. The molecule has 0 saturated heterocycles. The van der Waals surface area contributed by atoms with Crippen molar-refractivity contribution in [3.05, 3.63) is 34.1 Å². The van der Waals surface area contributed by atoms with Gasteiger partial charge in [-0.1, -0.05) is 40.9 Å². The average molecular weight is 322 g/mol. The van der Waals surface area contributed by atoms with Crippen LogP contribution in [0, 0.1) is 5.82 Å². The Morgan fingerprint density at radius 3 is 2.36 bits per heavy atom. The van der Waals surface area contributed by atoms with Crippen LogP contribution in [0.4, 0.5) is 4.39 Å². The Bertz CT molecular complexity index is 340. The maximum atomic E-state index is 12.8. The molecule has 6 heteroatoms. The quantitative estimate of drug-likeness (QED) is 0.775. The molecular weight excluding hydrogens is 317 g/mol. The summed E-state index contributed by atoms with van der Waals surface area (Å²) in [5.74, 6) is -0.440. The van der Waals surface area contributed by atoms with Crippen LogP contribution in [0.2, 0.25) is 0 Å². The van der Waals surface area contributed by atoms with E-state index in [0.717, 1.165) is 0 Å². The number of aliphatic hydroxyl groups is 1. The summed E-state index contributed by atoms with van der Waals surface area (Å²) in [5, 5.41) is 9.53. The van der Waals surface area contributed by atoms with Crippen molar-refractivity contribution >= 4 is 50.7 Å². The summed E-state index contributed by atoms with van der Waals surface area (Å²) in [4.78, 5) is 0. The Kier molecular flexibility index (Phi) is 4.06. The lowest BCUT2D eigenvalue weighted by Crippen LogP contribution is -2.16. The molecule has 1 rings (SSSR count). The first kappa shape index (κ1) is 12.5. The summed E-state index contributed by atoms with van der Waals surface area (Å²) < 4.78 is 11.2. The van der Waals surface area contributed by atoms with Crippen molar-refractivity contribution in [1.82, 2.24) is 0 Å². The number of benzene rings is 1. The zero-order valence-electron chi connectivity index (χ0n) is 6.65. The van der Waals surface area contributed by atoms with Gasteiger partial charge in [0.1, 0.15) is 11.9 Å². The van der Waals surface area contributed by atoms with Gasteiger partial charge in [0.15, 0.2) is 0 Å². The van der Waals surface area contributed by atoms with Crippen LogP contribution in [0.3, 0.4) is 0 Å². The van der Waals surface area contributed by atoms with Crippen molar-refractivity contribution in [2.45, 2.75) is 9.90 Å². The van der Waals surface area contributed by atoms with Gasteiger partial charge in [0, 0.05) is 0 Å². The highest BCUT2D eigenvalue weighted by molar-refractivity contribution is 9.10. The molecule has 0 spiro atoms. The van der Waals surface area contributed by atoms with Gasteiger partial charge in [-0.05, 0) is 33.6 Å². The molecule has 0 aliphatic rings. The Balaban J connectivity index is 3.03. The highest BCUT2D eigenvalue weighted by Gasteiger charge is 2.32. The molecule has 0 radical (unpaired) electrons. The van der Waals surface area contributed by atoms with Crippen molar-refractivity contribution < 1.29 is 9.50 Å². The molecule has 0 fully saturated rings. The number of rotatable bonds is 1. The van der Waals surface area contributed by atoms with Crippen molar-refractivity contribution in [3.8, 4) is 0 Å². The van der Waals surface area contributed by atoms with Crippen LogP contribution in [-0.4, -0.2) is 8.90 Å². The molecular formula is C8H5BrCl3FO. The minimum Gasteiger partial charge on any atom is -0.384 e. The minimum absolute atomic E-state index is 0.211. The fraction of sp³-hybridized carbons (Fsp3) is 0.250. The van der Waals surface area contributed by atoms with Gasteiger partial charge in [-0.2, -0.15) is 0 Å². The second-order valence-electron chi connectivity index (χ2n) is 2.62. The third-order valence-electron chi connectivity index (χ3n) is 1.57. The van der Waals surface area contributed by atoms with Crippen LogP contribution in [0.5, 0.6) is 0 Å². The van der Waals surface area contributed by atoms with Crippen LogP contribution in [-0.2, 0) is 0 Å². The molecule has 0 saturated carbocycles. The lowest BCUT2D eigenvalue weighted by atomic mass is 10.1. The van der Waals surface area contributed by atoms with Gasteiger partial charge in [0.05, 0.1) is 4.47 Å². The zero-order valence-corrected chi connectivity index (χ0v) is 10.5. The van der Waals surface area contributed by atoms with E-state index in [4.69, 9.17) is 34.8 Å². The van der Waals surface area contributed by atoms with E-state index in [0.29, 0.717) is 5.56 Å². The standard InChI is InChI=1S/C8H5BrCl3FO/c9-5-3-4(1-2-6(5)13)7(14)8(10,11)12/h1-3,7,14H. The molecule has 14 heavy (non-hydrogen) atoms. The highest BCUT2D eigenvalue weighted by atomic mass is 79.9. The summed E-state index contributed by atoms with van der Waals surface area (Å²) in [6, 6.07) is 3.90. The van der Waals surface area contributed by atoms with Crippen molar-refractivity contribution in [2.24, 2.45) is 0 Å². The Labute approximate surface area is 104 Å². The normalized spacial score (nSPS) is 14.1. The predicted molar refractivity (Wildman–Crippen MR) is 59.3 cm³/mol. The molecule has 78 valence electrons. The maximum Gasteiger partial charge on any atom is 0.220 e. The first-order valence-corrected chi connectivity index (χ1v) is 5.45. The second kappa shape index (κ2) is 4.54. The summed E-state index contributed by atoms with van der Waals surface area (Å²) in [6.07, 6.45) is -1.29. The fourth-order valence-corrected chi connectivity index (χ4v) is 1.65. The number of alkyl halides is 3. The van der Waals surface area contributed by atoms with Gasteiger partial charge in [0.2, 0.25) is 3.79 Å². The van der Waals surface area contributed by atoms with Crippen molar-refractivity contribution in [3.63, 3.8) is 0 Å². The third kappa shape index (κ3) is 2.97. The molecule has 1 aromatic carbocycles. The zero-order chi connectivity index (χ0) is 10.9. The Morgan fingerprint density at radius 1 is 1.36 bits per heavy atom. The predicted octanol–water partition coefficient (Wildman–Crippen LogP) is 3.99. The largest absolute Gasteiger partial charge is 0.384 e. The maximum absolute atomic E-state index is 12.8. The molecule has 1 aromatic rings. The highest BCUT2D eigenvalue weighted by Crippen LogP contribution is 2.40. The molecule has 0 aromatic heterocycles. The van der Waals surface area contributed by atoms with Crippen molar-refractivity contribution in [2.75, 3.05) is 0 Å². The van der Waals surface area contributed by atoms with Crippen molar-refractivity contribution in [1.29, 1.82) is 0 Å². The van der Waals surface area contributed by atoms with E-state index in [-0.39, 0.29) is 4.47 Å². The van der Waals surface area contributed by atoms with E-state index in [2.05, 4.69) is 15.9 Å². The fourth-order valence-electron chi connectivity index (χ4n) is 0.871. The van der Waals surface area contributed by atoms with Gasteiger partial charge in [-0.25, -0.2) is 4.39 Å². The number of hydrogen-bond donors (Lipinski definition) is 1. The van der Waals surface area contributed by atoms with E-state index in [1.54, 1.807) is 0 Å². The van der Waals surface area contributed by atoms with Crippen LogP contribution in [0.15, 0.2) is 22.7 Å². The molecule has 1 N–H and O–H groups in total. The molecule has 0 aliphatic carbocycles. The molecule has 0 bridgehead atoms. The lowest BCUT2D eigenvalue weighted by Gasteiger charge is -2.19. The topological polar surface area (TPSA) is 20.2 Å². The Morgan fingerprint density at radius 2 is 1.93 bits per heavy atom. The first-order chi connectivity index (χ1) is 6.32. The molecule has 0 amide bonds. The summed E-state index contributed by atoms with van der Waals surface area (Å²) >= 11 is 19.4. The first-order valence-electron chi connectivity index (χ1n) is 3.52.